The van der Waals surface area contributed by atoms with Crippen LogP contribution in [0.25, 0.3) is 11.0 Å². The summed E-state index contributed by atoms with van der Waals surface area (Å²) < 4.78 is 6.48. The van der Waals surface area contributed by atoms with Crippen LogP contribution in [0.2, 0.25) is 0 Å². The first-order valence-electron chi connectivity index (χ1n) is 5.81. The highest BCUT2D eigenvalue weighted by atomic mass is 79.9. The van der Waals surface area contributed by atoms with Gasteiger partial charge >= 0.3 is 5.97 Å². The highest BCUT2D eigenvalue weighted by molar-refractivity contribution is 9.10. The van der Waals surface area contributed by atoms with Gasteiger partial charge in [0, 0.05) is 9.86 Å². The van der Waals surface area contributed by atoms with Crippen molar-refractivity contribution in [2.45, 2.75) is 26.4 Å². The zero-order chi connectivity index (χ0) is 14.4. The summed E-state index contributed by atoms with van der Waals surface area (Å²) in [5.41, 5.74) is -2.36. The summed E-state index contributed by atoms with van der Waals surface area (Å²) in [4.78, 5) is 11.3. The lowest BCUT2D eigenvalue weighted by Crippen LogP contribution is -2.44. The maximum absolute atomic E-state index is 11.3. The van der Waals surface area contributed by atoms with Gasteiger partial charge in [-0.3, -0.25) is 4.79 Å². The van der Waals surface area contributed by atoms with Crippen LogP contribution in [-0.2, 0) is 10.4 Å². The van der Waals surface area contributed by atoms with Gasteiger partial charge in [0.1, 0.15) is 16.9 Å². The third kappa shape index (κ3) is 2.17. The number of hydrogen-bond donors (Lipinski definition) is 2. The predicted molar refractivity (Wildman–Crippen MR) is 74.9 cm³/mol. The fourth-order valence-electron chi connectivity index (χ4n) is 1.77. The first-order valence-corrected chi connectivity index (χ1v) is 6.61. The molecular weight excluding hydrogens is 312 g/mol. The van der Waals surface area contributed by atoms with Crippen LogP contribution in [0.3, 0.4) is 0 Å². The van der Waals surface area contributed by atoms with Gasteiger partial charge in [0.05, 0.1) is 5.41 Å². The Balaban J connectivity index is 2.57. The molecule has 1 unspecified atom stereocenters. The zero-order valence-corrected chi connectivity index (χ0v) is 12.5. The number of benzene rings is 1. The number of fused-ring (bicyclic) bond motifs is 1. The van der Waals surface area contributed by atoms with Crippen LogP contribution in [0.4, 0.5) is 0 Å². The summed E-state index contributed by atoms with van der Waals surface area (Å²) in [6.45, 7) is 4.39. The summed E-state index contributed by atoms with van der Waals surface area (Å²) in [6, 6.07) is 7.12. The molecule has 0 fully saturated rings. The third-order valence-electron chi connectivity index (χ3n) is 3.71. The fraction of sp³-hybridized carbons (Fsp3) is 0.357. The number of hydrogen-bond acceptors (Lipinski definition) is 3. The average molecular weight is 327 g/mol. The normalized spacial score (nSPS) is 15.4. The number of rotatable bonds is 3. The van der Waals surface area contributed by atoms with E-state index in [1.807, 2.05) is 12.1 Å². The fourth-order valence-corrected chi connectivity index (χ4v) is 2.15. The molecule has 0 aliphatic carbocycles. The van der Waals surface area contributed by atoms with E-state index in [1.54, 1.807) is 12.1 Å². The van der Waals surface area contributed by atoms with E-state index in [4.69, 9.17) is 4.42 Å². The Morgan fingerprint density at radius 1 is 1.26 bits per heavy atom. The van der Waals surface area contributed by atoms with Gasteiger partial charge in [-0.05, 0) is 45.0 Å². The second-order valence-electron chi connectivity index (χ2n) is 5.30. The van der Waals surface area contributed by atoms with Crippen LogP contribution in [-0.4, -0.2) is 16.2 Å². The van der Waals surface area contributed by atoms with Crippen LogP contribution in [0, 0.1) is 5.41 Å². The SMILES string of the molecule is CC(C)(C(=O)O)C(C)(O)c1cc2cc(Br)ccc2o1. The second kappa shape index (κ2) is 4.35. The van der Waals surface area contributed by atoms with E-state index >= 15 is 0 Å². The van der Waals surface area contributed by atoms with Crippen molar-refractivity contribution in [2.75, 3.05) is 0 Å². The van der Waals surface area contributed by atoms with Crippen molar-refractivity contribution in [3.63, 3.8) is 0 Å². The van der Waals surface area contributed by atoms with Gasteiger partial charge in [-0.15, -0.1) is 0 Å². The molecule has 1 heterocycles. The minimum Gasteiger partial charge on any atom is -0.481 e. The van der Waals surface area contributed by atoms with E-state index in [9.17, 15) is 15.0 Å². The Bertz CT molecular complexity index is 640. The van der Waals surface area contributed by atoms with Crippen LogP contribution in [0.1, 0.15) is 26.5 Å². The van der Waals surface area contributed by atoms with Crippen molar-refractivity contribution in [3.8, 4) is 0 Å². The molecule has 0 bridgehead atoms. The van der Waals surface area contributed by atoms with Crippen LogP contribution < -0.4 is 0 Å². The lowest BCUT2D eigenvalue weighted by molar-refractivity contribution is -0.166. The van der Waals surface area contributed by atoms with Gasteiger partial charge in [-0.1, -0.05) is 15.9 Å². The maximum atomic E-state index is 11.3. The summed E-state index contributed by atoms with van der Waals surface area (Å²) in [5, 5.41) is 20.6. The average Bonchev–Trinajstić information content (AvgIpc) is 2.71. The van der Waals surface area contributed by atoms with Crippen molar-refractivity contribution in [1.82, 2.24) is 0 Å². The van der Waals surface area contributed by atoms with E-state index < -0.39 is 17.0 Å². The molecule has 0 spiro atoms. The van der Waals surface area contributed by atoms with Crippen LogP contribution in [0.15, 0.2) is 33.2 Å². The number of halogens is 1. The predicted octanol–water partition coefficient (Wildman–Crippen LogP) is 3.51. The number of aliphatic carboxylic acids is 1. The Hall–Kier alpha value is -1.33. The Morgan fingerprint density at radius 3 is 2.47 bits per heavy atom. The Labute approximate surface area is 119 Å². The number of furan rings is 1. The smallest absolute Gasteiger partial charge is 0.312 e. The minimum atomic E-state index is -1.61. The van der Waals surface area contributed by atoms with Crippen LogP contribution in [0.5, 0.6) is 0 Å². The Morgan fingerprint density at radius 2 is 1.89 bits per heavy atom. The second-order valence-corrected chi connectivity index (χ2v) is 6.21. The van der Waals surface area contributed by atoms with Gasteiger partial charge in [0.25, 0.3) is 0 Å². The number of carboxylic acids is 1. The monoisotopic (exact) mass is 326 g/mol. The molecule has 2 N–H and O–H groups in total. The first-order chi connectivity index (χ1) is 8.66. The quantitative estimate of drug-likeness (QED) is 0.905. The molecule has 5 heteroatoms. The minimum absolute atomic E-state index is 0.244. The molecule has 1 aromatic heterocycles. The van der Waals surface area contributed by atoms with E-state index in [2.05, 4.69) is 15.9 Å². The molecule has 102 valence electrons. The van der Waals surface area contributed by atoms with Crippen LogP contribution >= 0.6 is 15.9 Å². The van der Waals surface area contributed by atoms with E-state index in [0.717, 1.165) is 9.86 Å². The highest BCUT2D eigenvalue weighted by Gasteiger charge is 2.49. The molecule has 0 saturated heterocycles. The number of aliphatic hydroxyl groups is 1. The van der Waals surface area contributed by atoms with Crippen molar-refractivity contribution in [1.29, 1.82) is 0 Å². The molecule has 0 aliphatic rings. The van der Waals surface area contributed by atoms with Crippen molar-refractivity contribution < 1.29 is 19.4 Å². The Kier molecular flexibility index (Phi) is 3.23. The topological polar surface area (TPSA) is 70.7 Å². The molecule has 0 amide bonds. The third-order valence-corrected chi connectivity index (χ3v) is 4.20. The molecule has 2 aromatic rings. The highest BCUT2D eigenvalue weighted by Crippen LogP contribution is 2.41. The molecule has 1 atom stereocenters. The molecule has 0 radical (unpaired) electrons. The molecule has 0 aliphatic heterocycles. The van der Waals surface area contributed by atoms with Gasteiger partial charge in [0.15, 0.2) is 0 Å². The van der Waals surface area contributed by atoms with Crippen molar-refractivity contribution in [2.24, 2.45) is 5.41 Å². The molecule has 1 aromatic carbocycles. The van der Waals surface area contributed by atoms with Gasteiger partial charge in [-0.2, -0.15) is 0 Å². The standard InChI is InChI=1S/C14H15BrO4/c1-13(2,12(16)17)14(3,18)11-7-8-6-9(15)4-5-10(8)19-11/h4-7,18H,1-3H3,(H,16,17). The van der Waals surface area contributed by atoms with Gasteiger partial charge in [0.2, 0.25) is 0 Å². The number of carbonyl (C=O) groups is 1. The van der Waals surface area contributed by atoms with E-state index in [0.29, 0.717) is 5.58 Å². The zero-order valence-electron chi connectivity index (χ0n) is 10.9. The molecule has 2 rings (SSSR count). The molecular formula is C14H15BrO4. The largest absolute Gasteiger partial charge is 0.481 e. The molecule has 19 heavy (non-hydrogen) atoms. The molecule has 0 saturated carbocycles. The maximum Gasteiger partial charge on any atom is 0.312 e. The summed E-state index contributed by atoms with van der Waals surface area (Å²) in [5.74, 6) is -0.841. The van der Waals surface area contributed by atoms with E-state index in [-0.39, 0.29) is 5.76 Å². The van der Waals surface area contributed by atoms with Gasteiger partial charge in [-0.25, -0.2) is 0 Å². The summed E-state index contributed by atoms with van der Waals surface area (Å²) >= 11 is 3.36. The molecule has 4 nitrogen and oxygen atoms in total. The van der Waals surface area contributed by atoms with E-state index in [1.165, 1.54) is 20.8 Å². The summed E-state index contributed by atoms with van der Waals surface area (Å²) in [7, 11) is 0. The number of carboxylic acid groups (broad SMARTS) is 1. The lowest BCUT2D eigenvalue weighted by Gasteiger charge is -2.34. The first kappa shape index (κ1) is 14.1. The van der Waals surface area contributed by atoms with Crippen molar-refractivity contribution >= 4 is 32.9 Å². The summed E-state index contributed by atoms with van der Waals surface area (Å²) in [6.07, 6.45) is 0. The van der Waals surface area contributed by atoms with Gasteiger partial charge < -0.3 is 14.6 Å². The van der Waals surface area contributed by atoms with Crippen molar-refractivity contribution in [3.05, 3.63) is 34.5 Å². The lowest BCUT2D eigenvalue weighted by atomic mass is 9.74.